The summed E-state index contributed by atoms with van der Waals surface area (Å²) in [6.07, 6.45) is -0.468. The summed E-state index contributed by atoms with van der Waals surface area (Å²) >= 11 is 0. The van der Waals surface area contributed by atoms with Crippen LogP contribution in [0.5, 0.6) is 5.75 Å². The summed E-state index contributed by atoms with van der Waals surface area (Å²) in [6, 6.07) is 6.32. The van der Waals surface area contributed by atoms with Crippen LogP contribution in [0.2, 0.25) is 0 Å². The van der Waals surface area contributed by atoms with Crippen molar-refractivity contribution >= 4 is 0 Å². The number of hydrogen-bond acceptors (Lipinski definition) is 4. The maximum Gasteiger partial charge on any atom is 0.125 e. The number of ether oxygens (including phenoxy) is 1. The summed E-state index contributed by atoms with van der Waals surface area (Å²) in [5.41, 5.74) is 2.17. The first-order valence-corrected chi connectivity index (χ1v) is 9.14. The van der Waals surface area contributed by atoms with Crippen LogP contribution in [0.4, 0.5) is 0 Å². The molecule has 2 unspecified atom stereocenters. The molecule has 4 nitrogen and oxygen atoms in total. The number of benzene rings is 1. The minimum atomic E-state index is -0.556. The van der Waals surface area contributed by atoms with Gasteiger partial charge in [-0.15, -0.1) is 0 Å². The van der Waals surface area contributed by atoms with E-state index in [-0.39, 0.29) is 17.6 Å². The van der Waals surface area contributed by atoms with Gasteiger partial charge < -0.3 is 15.2 Å². The van der Waals surface area contributed by atoms with E-state index in [4.69, 9.17) is 4.74 Å². The molecular weight excluding hydrogens is 300 g/mol. The third kappa shape index (κ3) is 4.71. The zero-order chi connectivity index (χ0) is 17.9. The molecule has 0 saturated carbocycles. The van der Waals surface area contributed by atoms with Gasteiger partial charge in [0, 0.05) is 37.8 Å². The van der Waals surface area contributed by atoms with Gasteiger partial charge in [-0.2, -0.15) is 0 Å². The van der Waals surface area contributed by atoms with Crippen LogP contribution in [-0.2, 0) is 5.41 Å². The van der Waals surface area contributed by atoms with E-state index in [1.54, 1.807) is 0 Å². The topological polar surface area (TPSA) is 44.7 Å². The SMILES string of the molecule is CC(C)Oc1ccc(C(C)(C)C)cc1C(O)C(C)N1CCNCC1. The fourth-order valence-electron chi connectivity index (χ4n) is 3.16. The smallest absolute Gasteiger partial charge is 0.125 e. The van der Waals surface area contributed by atoms with Crippen LogP contribution in [0.3, 0.4) is 0 Å². The maximum atomic E-state index is 11.1. The summed E-state index contributed by atoms with van der Waals surface area (Å²) in [5, 5.41) is 14.4. The number of hydrogen-bond donors (Lipinski definition) is 2. The lowest BCUT2D eigenvalue weighted by molar-refractivity contribution is 0.0483. The number of nitrogens with one attached hydrogen (secondary N) is 1. The van der Waals surface area contributed by atoms with Crippen molar-refractivity contribution in [2.45, 2.75) is 65.2 Å². The number of piperazine rings is 1. The standard InChI is InChI=1S/C20H34N2O2/c1-14(2)24-18-8-7-16(20(4,5)6)13-17(18)19(23)15(3)22-11-9-21-10-12-22/h7-8,13-15,19,21,23H,9-12H2,1-6H3. The first-order valence-electron chi connectivity index (χ1n) is 9.14. The molecule has 2 atom stereocenters. The van der Waals surface area contributed by atoms with Gasteiger partial charge in [0.1, 0.15) is 5.75 Å². The van der Waals surface area contributed by atoms with Gasteiger partial charge in [0.15, 0.2) is 0 Å². The number of aliphatic hydroxyl groups excluding tert-OH is 1. The summed E-state index contributed by atoms with van der Waals surface area (Å²) in [7, 11) is 0. The first-order chi connectivity index (χ1) is 11.2. The zero-order valence-electron chi connectivity index (χ0n) is 16.1. The summed E-state index contributed by atoms with van der Waals surface area (Å²) in [4.78, 5) is 2.35. The van der Waals surface area contributed by atoms with Crippen molar-refractivity contribution in [2.24, 2.45) is 0 Å². The lowest BCUT2D eigenvalue weighted by Gasteiger charge is -2.36. The molecule has 0 bridgehead atoms. The van der Waals surface area contributed by atoms with Crippen LogP contribution < -0.4 is 10.1 Å². The van der Waals surface area contributed by atoms with Crippen molar-refractivity contribution < 1.29 is 9.84 Å². The van der Waals surface area contributed by atoms with Crippen LogP contribution in [0, 0.1) is 0 Å². The van der Waals surface area contributed by atoms with Crippen molar-refractivity contribution in [3.8, 4) is 5.75 Å². The van der Waals surface area contributed by atoms with E-state index in [9.17, 15) is 5.11 Å². The van der Waals surface area contributed by atoms with Gasteiger partial charge >= 0.3 is 0 Å². The third-order valence-corrected chi connectivity index (χ3v) is 4.74. The quantitative estimate of drug-likeness (QED) is 0.868. The molecule has 2 rings (SSSR count). The molecule has 0 radical (unpaired) electrons. The van der Waals surface area contributed by atoms with Crippen molar-refractivity contribution in [1.82, 2.24) is 10.2 Å². The maximum absolute atomic E-state index is 11.1. The lowest BCUT2D eigenvalue weighted by atomic mass is 9.85. The van der Waals surface area contributed by atoms with E-state index in [2.05, 4.69) is 50.0 Å². The van der Waals surface area contributed by atoms with Crippen LogP contribution >= 0.6 is 0 Å². The summed E-state index contributed by atoms with van der Waals surface area (Å²) in [5.74, 6) is 0.799. The van der Waals surface area contributed by atoms with Crippen LogP contribution in [0.1, 0.15) is 58.8 Å². The Morgan fingerprint density at radius 3 is 2.29 bits per heavy atom. The average Bonchev–Trinajstić information content (AvgIpc) is 2.53. The van der Waals surface area contributed by atoms with Gasteiger partial charge in [-0.3, -0.25) is 4.90 Å². The van der Waals surface area contributed by atoms with Crippen LogP contribution in [0.15, 0.2) is 18.2 Å². The molecule has 1 heterocycles. The van der Waals surface area contributed by atoms with Gasteiger partial charge in [0.25, 0.3) is 0 Å². The molecule has 1 fully saturated rings. The van der Waals surface area contributed by atoms with E-state index in [1.807, 2.05) is 19.9 Å². The Morgan fingerprint density at radius 1 is 1.12 bits per heavy atom. The lowest BCUT2D eigenvalue weighted by Crippen LogP contribution is -2.49. The average molecular weight is 335 g/mol. The zero-order valence-corrected chi connectivity index (χ0v) is 16.1. The Bertz CT molecular complexity index is 531. The Balaban J connectivity index is 2.32. The van der Waals surface area contributed by atoms with Crippen molar-refractivity contribution in [1.29, 1.82) is 0 Å². The van der Waals surface area contributed by atoms with Crippen molar-refractivity contribution in [2.75, 3.05) is 26.2 Å². The second kappa shape index (κ2) is 7.85. The van der Waals surface area contributed by atoms with Gasteiger partial charge in [-0.05, 0) is 43.9 Å². The van der Waals surface area contributed by atoms with E-state index in [1.165, 1.54) is 5.56 Å². The van der Waals surface area contributed by atoms with Gasteiger partial charge in [-0.1, -0.05) is 26.8 Å². The predicted molar refractivity (Wildman–Crippen MR) is 99.8 cm³/mol. The molecule has 1 aliphatic heterocycles. The van der Waals surface area contributed by atoms with Crippen LogP contribution in [0.25, 0.3) is 0 Å². The number of nitrogens with zero attached hydrogens (tertiary/aromatic N) is 1. The minimum absolute atomic E-state index is 0.0448. The fourth-order valence-corrected chi connectivity index (χ4v) is 3.16. The van der Waals surface area contributed by atoms with Gasteiger partial charge in [-0.25, -0.2) is 0 Å². The molecule has 1 aliphatic rings. The molecule has 0 amide bonds. The monoisotopic (exact) mass is 334 g/mol. The second-order valence-corrected chi connectivity index (χ2v) is 8.14. The van der Waals surface area contributed by atoms with E-state index in [0.29, 0.717) is 0 Å². The van der Waals surface area contributed by atoms with Crippen molar-refractivity contribution in [3.05, 3.63) is 29.3 Å². The molecule has 1 saturated heterocycles. The molecule has 2 N–H and O–H groups in total. The number of aliphatic hydroxyl groups is 1. The highest BCUT2D eigenvalue weighted by Gasteiger charge is 2.28. The molecule has 4 heteroatoms. The second-order valence-electron chi connectivity index (χ2n) is 8.14. The highest BCUT2D eigenvalue weighted by Crippen LogP contribution is 2.34. The highest BCUT2D eigenvalue weighted by molar-refractivity contribution is 5.41. The number of rotatable bonds is 5. The predicted octanol–water partition coefficient (Wildman–Crippen LogP) is 3.10. The van der Waals surface area contributed by atoms with Crippen LogP contribution in [-0.4, -0.2) is 48.3 Å². The minimum Gasteiger partial charge on any atom is -0.491 e. The molecule has 0 aromatic heterocycles. The largest absolute Gasteiger partial charge is 0.491 e. The Hall–Kier alpha value is -1.10. The molecule has 1 aromatic rings. The summed E-state index contributed by atoms with van der Waals surface area (Å²) < 4.78 is 5.98. The van der Waals surface area contributed by atoms with E-state index in [0.717, 1.165) is 37.5 Å². The van der Waals surface area contributed by atoms with Gasteiger partial charge in [0.2, 0.25) is 0 Å². The molecule has 136 valence electrons. The Labute approximate surface area is 147 Å². The molecule has 1 aromatic carbocycles. The van der Waals surface area contributed by atoms with E-state index >= 15 is 0 Å². The van der Waals surface area contributed by atoms with Gasteiger partial charge in [0.05, 0.1) is 12.2 Å². The summed E-state index contributed by atoms with van der Waals surface area (Å²) in [6.45, 7) is 16.6. The molecule has 24 heavy (non-hydrogen) atoms. The normalized spacial score (nSPS) is 19.3. The van der Waals surface area contributed by atoms with Crippen molar-refractivity contribution in [3.63, 3.8) is 0 Å². The molecule has 0 aliphatic carbocycles. The highest BCUT2D eigenvalue weighted by atomic mass is 16.5. The Kier molecular flexibility index (Phi) is 6.29. The Morgan fingerprint density at radius 2 is 1.75 bits per heavy atom. The molecule has 0 spiro atoms. The first kappa shape index (κ1) is 19.2. The van der Waals surface area contributed by atoms with E-state index < -0.39 is 6.10 Å². The fraction of sp³-hybridized carbons (Fsp3) is 0.700. The third-order valence-electron chi connectivity index (χ3n) is 4.74. The molecular formula is C20H34N2O2.